The topological polar surface area (TPSA) is 28.8 Å². The molecular formula is C13H15ClN2. The summed E-state index contributed by atoms with van der Waals surface area (Å²) in [5.74, 6) is 0. The summed E-state index contributed by atoms with van der Waals surface area (Å²) in [5, 5.41) is 7.73. The molecule has 1 heterocycles. The third-order valence-electron chi connectivity index (χ3n) is 2.41. The van der Waals surface area contributed by atoms with Crippen LogP contribution in [0.3, 0.4) is 0 Å². The van der Waals surface area contributed by atoms with Gasteiger partial charge < -0.3 is 4.57 Å². The minimum atomic E-state index is 0. The molecule has 2 rings (SSSR count). The predicted octanol–water partition coefficient (Wildman–Crippen LogP) is 2.75. The van der Waals surface area contributed by atoms with Crippen molar-refractivity contribution in [3.63, 3.8) is 0 Å². The van der Waals surface area contributed by atoms with Gasteiger partial charge in [-0.3, -0.25) is 5.41 Å². The van der Waals surface area contributed by atoms with E-state index < -0.39 is 0 Å². The van der Waals surface area contributed by atoms with E-state index in [0.717, 1.165) is 6.54 Å². The van der Waals surface area contributed by atoms with E-state index in [2.05, 4.69) is 31.2 Å². The molecule has 0 saturated carbocycles. The van der Waals surface area contributed by atoms with Crippen molar-refractivity contribution in [3.8, 4) is 0 Å². The van der Waals surface area contributed by atoms with Crippen LogP contribution < -0.4 is 5.49 Å². The van der Waals surface area contributed by atoms with Crippen molar-refractivity contribution >= 4 is 12.4 Å². The number of halogens is 1. The number of aryl methyl sites for hydroxylation is 1. The normalized spacial score (nSPS) is 9.56. The Balaban J connectivity index is 0.00000128. The fourth-order valence-corrected chi connectivity index (χ4v) is 1.50. The van der Waals surface area contributed by atoms with Crippen LogP contribution in [0.2, 0.25) is 0 Å². The van der Waals surface area contributed by atoms with E-state index >= 15 is 0 Å². The zero-order valence-corrected chi connectivity index (χ0v) is 10.00. The lowest BCUT2D eigenvalue weighted by Crippen LogP contribution is -2.18. The highest BCUT2D eigenvalue weighted by Crippen LogP contribution is 2.03. The molecule has 2 nitrogen and oxygen atoms in total. The number of nitrogens with zero attached hydrogens (tertiary/aromatic N) is 1. The third-order valence-corrected chi connectivity index (χ3v) is 2.41. The van der Waals surface area contributed by atoms with Crippen LogP contribution in [0.5, 0.6) is 0 Å². The first-order chi connectivity index (χ1) is 7.25. The molecule has 1 aromatic carbocycles. The first-order valence-corrected chi connectivity index (χ1v) is 5.01. The Bertz CT molecular complexity index is 500. The molecule has 1 N–H and O–H groups in total. The molecule has 0 fully saturated rings. The lowest BCUT2D eigenvalue weighted by atomic mass is 10.1. The van der Waals surface area contributed by atoms with Crippen molar-refractivity contribution in [2.75, 3.05) is 0 Å². The van der Waals surface area contributed by atoms with Crippen LogP contribution in [-0.2, 0) is 6.54 Å². The van der Waals surface area contributed by atoms with Gasteiger partial charge in [-0.1, -0.05) is 35.9 Å². The molecule has 0 atom stereocenters. The van der Waals surface area contributed by atoms with E-state index in [1.165, 1.54) is 11.1 Å². The van der Waals surface area contributed by atoms with Gasteiger partial charge in [-0.15, -0.1) is 12.4 Å². The van der Waals surface area contributed by atoms with Crippen molar-refractivity contribution < 1.29 is 0 Å². The molecule has 0 bridgehead atoms. The summed E-state index contributed by atoms with van der Waals surface area (Å²) in [7, 11) is 0. The van der Waals surface area contributed by atoms with Crippen molar-refractivity contribution in [3.05, 3.63) is 65.3 Å². The molecule has 0 aliphatic carbocycles. The largest absolute Gasteiger partial charge is 0.329 e. The van der Waals surface area contributed by atoms with Gasteiger partial charge in [0.1, 0.15) is 5.49 Å². The summed E-state index contributed by atoms with van der Waals surface area (Å²) in [4.78, 5) is 0. The molecular weight excluding hydrogens is 220 g/mol. The lowest BCUT2D eigenvalue weighted by Gasteiger charge is -2.06. The Morgan fingerprint density at radius 2 is 1.75 bits per heavy atom. The van der Waals surface area contributed by atoms with E-state index in [0.29, 0.717) is 5.49 Å². The predicted molar refractivity (Wildman–Crippen MR) is 67.8 cm³/mol. The highest BCUT2D eigenvalue weighted by molar-refractivity contribution is 5.85. The van der Waals surface area contributed by atoms with E-state index in [-0.39, 0.29) is 12.4 Å². The van der Waals surface area contributed by atoms with Gasteiger partial charge in [-0.25, -0.2) is 0 Å². The van der Waals surface area contributed by atoms with Crippen molar-refractivity contribution in [1.82, 2.24) is 4.57 Å². The number of aromatic nitrogens is 1. The Morgan fingerprint density at radius 1 is 1.06 bits per heavy atom. The lowest BCUT2D eigenvalue weighted by molar-refractivity contribution is 0.731. The second-order valence-corrected chi connectivity index (χ2v) is 3.70. The summed E-state index contributed by atoms with van der Waals surface area (Å²) in [5.41, 5.74) is 3.03. The molecule has 1 aromatic heterocycles. The number of hydrogen-bond acceptors (Lipinski definition) is 1. The Hall–Kier alpha value is -1.54. The second-order valence-electron chi connectivity index (χ2n) is 3.70. The maximum atomic E-state index is 7.73. The standard InChI is InChI=1S/C13H14N2.ClH/c1-11-5-7-12(8-6-11)10-15-9-3-2-4-13(15)14;/h2-9,14H,10H2,1H3;1H. The zero-order chi connectivity index (χ0) is 10.7. The summed E-state index contributed by atoms with van der Waals surface area (Å²) in [6, 6.07) is 14.0. The van der Waals surface area contributed by atoms with Crippen LogP contribution in [-0.4, -0.2) is 4.57 Å². The molecule has 0 spiro atoms. The number of pyridine rings is 1. The van der Waals surface area contributed by atoms with Crippen LogP contribution in [0.25, 0.3) is 0 Å². The summed E-state index contributed by atoms with van der Waals surface area (Å²) in [6.45, 7) is 2.84. The van der Waals surface area contributed by atoms with Gasteiger partial charge in [0.2, 0.25) is 0 Å². The van der Waals surface area contributed by atoms with E-state index in [4.69, 9.17) is 5.41 Å². The summed E-state index contributed by atoms with van der Waals surface area (Å²) in [6.07, 6.45) is 1.93. The highest BCUT2D eigenvalue weighted by Gasteiger charge is 1.94. The average Bonchev–Trinajstić information content (AvgIpc) is 2.25. The third kappa shape index (κ3) is 2.97. The molecule has 0 radical (unpaired) electrons. The first kappa shape index (κ1) is 12.5. The van der Waals surface area contributed by atoms with Crippen LogP contribution in [0, 0.1) is 12.3 Å². The van der Waals surface area contributed by atoms with Gasteiger partial charge >= 0.3 is 0 Å². The van der Waals surface area contributed by atoms with Crippen LogP contribution in [0.15, 0.2) is 48.7 Å². The van der Waals surface area contributed by atoms with Gasteiger partial charge in [-0.2, -0.15) is 0 Å². The van der Waals surface area contributed by atoms with Gasteiger partial charge in [0.05, 0.1) is 0 Å². The fraction of sp³-hybridized carbons (Fsp3) is 0.154. The van der Waals surface area contributed by atoms with Gasteiger partial charge in [0.25, 0.3) is 0 Å². The van der Waals surface area contributed by atoms with Crippen LogP contribution >= 0.6 is 12.4 Å². The fourth-order valence-electron chi connectivity index (χ4n) is 1.50. The SMILES string of the molecule is Cc1ccc(Cn2ccccc2=N)cc1.Cl. The first-order valence-electron chi connectivity index (χ1n) is 5.01. The van der Waals surface area contributed by atoms with Crippen molar-refractivity contribution in [2.45, 2.75) is 13.5 Å². The van der Waals surface area contributed by atoms with Crippen molar-refractivity contribution in [2.24, 2.45) is 0 Å². The van der Waals surface area contributed by atoms with Crippen molar-refractivity contribution in [1.29, 1.82) is 5.41 Å². The van der Waals surface area contributed by atoms with Gasteiger partial charge in [0, 0.05) is 12.7 Å². The van der Waals surface area contributed by atoms with Crippen LogP contribution in [0.1, 0.15) is 11.1 Å². The van der Waals surface area contributed by atoms with E-state index in [1.807, 2.05) is 22.9 Å². The smallest absolute Gasteiger partial charge is 0.124 e. The molecule has 2 aromatic rings. The minimum absolute atomic E-state index is 0. The number of nitrogens with one attached hydrogen (secondary N) is 1. The number of benzene rings is 1. The second kappa shape index (κ2) is 5.52. The monoisotopic (exact) mass is 234 g/mol. The van der Waals surface area contributed by atoms with E-state index in [1.54, 1.807) is 6.07 Å². The molecule has 3 heteroatoms. The highest BCUT2D eigenvalue weighted by atomic mass is 35.5. The molecule has 0 aliphatic rings. The quantitative estimate of drug-likeness (QED) is 0.828. The zero-order valence-electron chi connectivity index (χ0n) is 9.18. The van der Waals surface area contributed by atoms with E-state index in [9.17, 15) is 0 Å². The number of hydrogen-bond donors (Lipinski definition) is 1. The minimum Gasteiger partial charge on any atom is -0.329 e. The molecule has 84 valence electrons. The Labute approximate surface area is 101 Å². The molecule has 0 unspecified atom stereocenters. The summed E-state index contributed by atoms with van der Waals surface area (Å²) >= 11 is 0. The molecule has 0 saturated heterocycles. The molecule has 16 heavy (non-hydrogen) atoms. The maximum absolute atomic E-state index is 7.73. The van der Waals surface area contributed by atoms with Gasteiger partial charge in [-0.05, 0) is 24.6 Å². The Kier molecular flexibility index (Phi) is 4.32. The Morgan fingerprint density at radius 3 is 2.38 bits per heavy atom. The molecule has 0 amide bonds. The van der Waals surface area contributed by atoms with Crippen LogP contribution in [0.4, 0.5) is 0 Å². The maximum Gasteiger partial charge on any atom is 0.124 e. The summed E-state index contributed by atoms with van der Waals surface area (Å²) < 4.78 is 1.92. The molecule has 0 aliphatic heterocycles. The van der Waals surface area contributed by atoms with Gasteiger partial charge in [0.15, 0.2) is 0 Å². The average molecular weight is 235 g/mol. The number of rotatable bonds is 2.